The first-order valence-corrected chi connectivity index (χ1v) is 6.37. The van der Waals surface area contributed by atoms with Gasteiger partial charge in [0.25, 0.3) is 0 Å². The van der Waals surface area contributed by atoms with E-state index < -0.39 is 18.0 Å². The largest absolute Gasteiger partial charge is 0.479 e. The number of hydrogen-bond acceptors (Lipinski definition) is 5. The minimum Gasteiger partial charge on any atom is -0.479 e. The Morgan fingerprint density at radius 2 is 2.05 bits per heavy atom. The molecule has 0 amide bonds. The van der Waals surface area contributed by atoms with Crippen molar-refractivity contribution in [1.29, 1.82) is 0 Å². The van der Waals surface area contributed by atoms with Gasteiger partial charge in [0, 0.05) is 14.1 Å². The molecule has 0 bridgehead atoms. The van der Waals surface area contributed by atoms with E-state index in [1.807, 2.05) is 25.9 Å². The van der Waals surface area contributed by atoms with Gasteiger partial charge in [-0.2, -0.15) is 0 Å². The number of ether oxygens (including phenoxy) is 1. The number of anilines is 2. The number of esters is 1. The fourth-order valence-electron chi connectivity index (χ4n) is 1.78. The van der Waals surface area contributed by atoms with Crippen LogP contribution in [0.5, 0.6) is 0 Å². The van der Waals surface area contributed by atoms with E-state index in [4.69, 9.17) is 15.6 Å². The highest BCUT2D eigenvalue weighted by Crippen LogP contribution is 2.23. The predicted molar refractivity (Wildman–Crippen MR) is 76.9 cm³/mol. The van der Waals surface area contributed by atoms with Gasteiger partial charge in [-0.15, -0.1) is 0 Å². The molecule has 0 aromatic heterocycles. The maximum atomic E-state index is 11.9. The van der Waals surface area contributed by atoms with E-state index in [1.54, 1.807) is 12.1 Å². The number of aliphatic carboxylic acids is 1. The summed E-state index contributed by atoms with van der Waals surface area (Å²) < 4.78 is 4.99. The standard InChI is InChI=1S/C14H20N2O4/c1-4-5-12(13(17)18)20-14(19)9-6-7-11(16(2)3)10(15)8-9/h6-8,12H,4-5,15H2,1-3H3,(H,17,18). The van der Waals surface area contributed by atoms with E-state index in [2.05, 4.69) is 0 Å². The molecule has 6 heteroatoms. The first-order chi connectivity index (χ1) is 9.36. The van der Waals surface area contributed by atoms with Gasteiger partial charge in [-0.05, 0) is 24.6 Å². The number of rotatable bonds is 6. The zero-order chi connectivity index (χ0) is 15.3. The molecule has 0 aliphatic heterocycles. The number of hydrogen-bond donors (Lipinski definition) is 2. The monoisotopic (exact) mass is 280 g/mol. The van der Waals surface area contributed by atoms with E-state index in [9.17, 15) is 9.59 Å². The van der Waals surface area contributed by atoms with E-state index in [1.165, 1.54) is 6.07 Å². The van der Waals surface area contributed by atoms with Crippen LogP contribution in [0.2, 0.25) is 0 Å². The zero-order valence-corrected chi connectivity index (χ0v) is 11.9. The van der Waals surface area contributed by atoms with Crippen molar-refractivity contribution in [3.8, 4) is 0 Å². The second-order valence-electron chi connectivity index (χ2n) is 4.69. The normalized spacial score (nSPS) is 11.8. The molecular formula is C14H20N2O4. The SMILES string of the molecule is CCCC(OC(=O)c1ccc(N(C)C)c(N)c1)C(=O)O. The third-order valence-corrected chi connectivity index (χ3v) is 2.82. The molecule has 0 aliphatic carbocycles. The third kappa shape index (κ3) is 3.88. The number of carboxylic acids is 1. The Morgan fingerprint density at radius 3 is 2.50 bits per heavy atom. The molecule has 110 valence electrons. The molecule has 6 nitrogen and oxygen atoms in total. The number of nitrogen functional groups attached to an aromatic ring is 1. The molecule has 0 fully saturated rings. The van der Waals surface area contributed by atoms with Crippen molar-refractivity contribution in [3.63, 3.8) is 0 Å². The molecule has 0 saturated heterocycles. The van der Waals surface area contributed by atoms with Gasteiger partial charge < -0.3 is 20.5 Å². The van der Waals surface area contributed by atoms with E-state index in [0.717, 1.165) is 5.69 Å². The summed E-state index contributed by atoms with van der Waals surface area (Å²) in [6.07, 6.45) is -0.222. The number of carbonyl (C=O) groups excluding carboxylic acids is 1. The molecule has 0 heterocycles. The van der Waals surface area contributed by atoms with Crippen LogP contribution in [0.1, 0.15) is 30.1 Å². The van der Waals surface area contributed by atoms with Gasteiger partial charge in [0.15, 0.2) is 6.10 Å². The van der Waals surface area contributed by atoms with Crippen molar-refractivity contribution in [3.05, 3.63) is 23.8 Å². The van der Waals surface area contributed by atoms with E-state index in [-0.39, 0.29) is 12.0 Å². The van der Waals surface area contributed by atoms with Crippen LogP contribution in [0.15, 0.2) is 18.2 Å². The summed E-state index contributed by atoms with van der Waals surface area (Å²) in [5, 5.41) is 8.96. The van der Waals surface area contributed by atoms with Crippen molar-refractivity contribution in [2.24, 2.45) is 0 Å². The van der Waals surface area contributed by atoms with Crippen LogP contribution in [0.3, 0.4) is 0 Å². The minimum atomic E-state index is -1.14. The second kappa shape index (κ2) is 6.79. The average molecular weight is 280 g/mol. The first-order valence-electron chi connectivity index (χ1n) is 6.37. The number of benzene rings is 1. The zero-order valence-electron chi connectivity index (χ0n) is 11.9. The Bertz CT molecular complexity index is 500. The van der Waals surface area contributed by atoms with Crippen LogP contribution in [-0.4, -0.2) is 37.2 Å². The molecule has 3 N–H and O–H groups in total. The molecule has 0 spiro atoms. The van der Waals surface area contributed by atoms with Gasteiger partial charge in [0.05, 0.1) is 16.9 Å². The molecular weight excluding hydrogens is 260 g/mol. The molecule has 1 aromatic rings. The molecule has 1 atom stereocenters. The Labute approximate surface area is 118 Å². The van der Waals surface area contributed by atoms with Gasteiger partial charge in [0.2, 0.25) is 0 Å². The topological polar surface area (TPSA) is 92.9 Å². The lowest BCUT2D eigenvalue weighted by Crippen LogP contribution is -2.27. The van der Waals surface area contributed by atoms with E-state index >= 15 is 0 Å². The summed E-state index contributed by atoms with van der Waals surface area (Å²) in [6, 6.07) is 4.75. The van der Waals surface area contributed by atoms with Crippen LogP contribution in [0.25, 0.3) is 0 Å². The molecule has 0 radical (unpaired) electrons. The van der Waals surface area contributed by atoms with Gasteiger partial charge in [-0.1, -0.05) is 13.3 Å². The quantitative estimate of drug-likeness (QED) is 0.609. The van der Waals surface area contributed by atoms with Gasteiger partial charge in [-0.25, -0.2) is 9.59 Å². The summed E-state index contributed by atoms with van der Waals surface area (Å²) in [6.45, 7) is 1.83. The fraction of sp³-hybridized carbons (Fsp3) is 0.429. The maximum absolute atomic E-state index is 11.9. The van der Waals surface area contributed by atoms with Crippen molar-refractivity contribution in [1.82, 2.24) is 0 Å². The lowest BCUT2D eigenvalue weighted by molar-refractivity contribution is -0.147. The molecule has 1 unspecified atom stereocenters. The van der Waals surface area contributed by atoms with Crippen LogP contribution in [0, 0.1) is 0 Å². The average Bonchev–Trinajstić information content (AvgIpc) is 2.37. The van der Waals surface area contributed by atoms with Crippen LogP contribution >= 0.6 is 0 Å². The molecule has 20 heavy (non-hydrogen) atoms. The van der Waals surface area contributed by atoms with Gasteiger partial charge in [-0.3, -0.25) is 0 Å². The van der Waals surface area contributed by atoms with Gasteiger partial charge >= 0.3 is 11.9 Å². The summed E-state index contributed by atoms with van der Waals surface area (Å²) in [5.41, 5.74) is 7.31. The fourth-order valence-corrected chi connectivity index (χ4v) is 1.78. The van der Waals surface area contributed by atoms with E-state index in [0.29, 0.717) is 12.1 Å². The highest BCUT2D eigenvalue weighted by Gasteiger charge is 2.22. The Kier molecular flexibility index (Phi) is 5.37. The first kappa shape index (κ1) is 15.8. The number of nitrogens with zero attached hydrogens (tertiary/aromatic N) is 1. The summed E-state index contributed by atoms with van der Waals surface area (Å²) in [7, 11) is 3.68. The number of carbonyl (C=O) groups is 2. The third-order valence-electron chi connectivity index (χ3n) is 2.82. The Balaban J connectivity index is 2.87. The van der Waals surface area contributed by atoms with Crippen molar-refractivity contribution >= 4 is 23.3 Å². The maximum Gasteiger partial charge on any atom is 0.345 e. The lowest BCUT2D eigenvalue weighted by atomic mass is 10.1. The van der Waals surface area contributed by atoms with Gasteiger partial charge in [0.1, 0.15) is 0 Å². The van der Waals surface area contributed by atoms with Crippen LogP contribution < -0.4 is 10.6 Å². The second-order valence-corrected chi connectivity index (χ2v) is 4.69. The van der Waals surface area contributed by atoms with Crippen molar-refractivity contribution in [2.45, 2.75) is 25.9 Å². The molecule has 1 aromatic carbocycles. The number of carboxylic acid groups (broad SMARTS) is 1. The van der Waals surface area contributed by atoms with Crippen LogP contribution in [0.4, 0.5) is 11.4 Å². The summed E-state index contributed by atoms with van der Waals surface area (Å²) >= 11 is 0. The Hall–Kier alpha value is -2.24. The Morgan fingerprint density at radius 1 is 1.40 bits per heavy atom. The highest BCUT2D eigenvalue weighted by molar-refractivity contribution is 5.93. The minimum absolute atomic E-state index is 0.246. The number of nitrogens with two attached hydrogens (primary N) is 1. The summed E-state index contributed by atoms with van der Waals surface area (Å²) in [4.78, 5) is 24.7. The summed E-state index contributed by atoms with van der Waals surface area (Å²) in [5.74, 6) is -1.82. The molecule has 0 saturated carbocycles. The van der Waals surface area contributed by atoms with Crippen LogP contribution in [-0.2, 0) is 9.53 Å². The van der Waals surface area contributed by atoms with Crippen molar-refractivity contribution in [2.75, 3.05) is 24.7 Å². The predicted octanol–water partition coefficient (Wildman–Crippen LogP) is 1.74. The highest BCUT2D eigenvalue weighted by atomic mass is 16.6. The smallest absolute Gasteiger partial charge is 0.345 e. The lowest BCUT2D eigenvalue weighted by Gasteiger charge is -2.17. The molecule has 0 aliphatic rings. The van der Waals surface area contributed by atoms with Crippen molar-refractivity contribution < 1.29 is 19.4 Å². The molecule has 1 rings (SSSR count).